The fraction of sp³-hybridized carbons (Fsp3) is 0.169. The van der Waals surface area contributed by atoms with E-state index in [0.29, 0.717) is 34.9 Å². The highest BCUT2D eigenvalue weighted by Crippen LogP contribution is 2.65. The number of allylic oxidation sites excluding steroid dienone is 7. The Balaban J connectivity index is 1.42. The average Bonchev–Trinajstić information content (AvgIpc) is 3.57. The van der Waals surface area contributed by atoms with E-state index in [9.17, 15) is 5.26 Å². The van der Waals surface area contributed by atoms with Crippen LogP contribution in [0.1, 0.15) is 88.0 Å². The second-order valence-electron chi connectivity index (χ2n) is 19.2. The number of para-hydroxylation sites is 1. The summed E-state index contributed by atoms with van der Waals surface area (Å²) < 4.78 is 70.0. The fourth-order valence-electron chi connectivity index (χ4n) is 11.1. The number of carbonyl (C=O) groups excluding carboxylic acids is 1. The second-order valence-corrected chi connectivity index (χ2v) is 19.2. The molecule has 1 aliphatic heterocycles. The molecule has 0 fully saturated rings. The van der Waals surface area contributed by atoms with Crippen molar-refractivity contribution in [3.63, 3.8) is 0 Å². The van der Waals surface area contributed by atoms with Gasteiger partial charge >= 0.3 is 0 Å². The van der Waals surface area contributed by atoms with E-state index >= 15 is 22.4 Å². The third-order valence-corrected chi connectivity index (χ3v) is 14.4. The van der Waals surface area contributed by atoms with Gasteiger partial charge in [-0.2, -0.15) is 5.26 Å². The second kappa shape index (κ2) is 19.2. The number of benzene rings is 7. The van der Waals surface area contributed by atoms with E-state index in [0.717, 1.165) is 55.8 Å². The van der Waals surface area contributed by atoms with Crippen LogP contribution in [0, 0.1) is 39.0 Å². The Hall–Kier alpha value is -8.48. The number of carbonyl (C=O) groups is 1. The van der Waals surface area contributed by atoms with Crippen LogP contribution in [0.4, 0.5) is 57.4 Å². The Morgan fingerprint density at radius 3 is 1.73 bits per heavy atom. The van der Waals surface area contributed by atoms with Gasteiger partial charge in [0.25, 0.3) is 11.8 Å². The van der Waals surface area contributed by atoms with Crippen LogP contribution in [0.2, 0.25) is 0 Å². The SMILES string of the molecule is C=C(C/C=C\C=C/C)N(C1=C(CC)C=C1)c1c(N2c3ccc(-c4c(C)cccc4C)cc3N(c3ccccc3)c3cc(-c4c(C)cccc4C)ccc32)c(C#N)c(C(=O)c2ccccc2)c2c1C(F)(F)CC2(F)F. The number of hydrogen-bond acceptors (Lipinski definition) is 5. The molecule has 0 amide bonds. The van der Waals surface area contributed by atoms with Gasteiger partial charge in [-0.1, -0.05) is 141 Å². The topological polar surface area (TPSA) is 50.6 Å². The van der Waals surface area contributed by atoms with Crippen molar-refractivity contribution in [1.29, 1.82) is 5.26 Å². The van der Waals surface area contributed by atoms with Gasteiger partial charge in [0.2, 0.25) is 0 Å². The molecule has 0 saturated heterocycles. The van der Waals surface area contributed by atoms with Crippen molar-refractivity contribution in [2.75, 3.05) is 14.7 Å². The van der Waals surface area contributed by atoms with Crippen LogP contribution in [0.3, 0.4) is 0 Å². The molecule has 368 valence electrons. The van der Waals surface area contributed by atoms with Crippen molar-refractivity contribution in [1.82, 2.24) is 0 Å². The Morgan fingerprint density at radius 1 is 0.689 bits per heavy atom. The minimum absolute atomic E-state index is 0.0321. The summed E-state index contributed by atoms with van der Waals surface area (Å²) in [5.74, 6) is -9.42. The summed E-state index contributed by atoms with van der Waals surface area (Å²) in [6, 6.07) is 43.9. The fourth-order valence-corrected chi connectivity index (χ4v) is 11.1. The van der Waals surface area contributed by atoms with Gasteiger partial charge in [0.1, 0.15) is 6.07 Å². The Morgan fingerprint density at radius 2 is 1.23 bits per heavy atom. The molecule has 1 heterocycles. The summed E-state index contributed by atoms with van der Waals surface area (Å²) in [7, 11) is 0. The van der Waals surface area contributed by atoms with Gasteiger partial charge in [0.05, 0.1) is 57.2 Å². The Bertz CT molecular complexity index is 3470. The number of nitriles is 1. The van der Waals surface area contributed by atoms with Crippen LogP contribution in [0.25, 0.3) is 22.3 Å². The molecule has 7 aromatic carbocycles. The maximum Gasteiger partial charge on any atom is 0.281 e. The summed E-state index contributed by atoms with van der Waals surface area (Å²) >= 11 is 0. The lowest BCUT2D eigenvalue weighted by molar-refractivity contribution is -0.0923. The maximum atomic E-state index is 17.8. The molecule has 0 radical (unpaired) electrons. The molecule has 74 heavy (non-hydrogen) atoms. The molecule has 2 aliphatic carbocycles. The lowest BCUT2D eigenvalue weighted by Gasteiger charge is -2.44. The standard InChI is InChI=1S/C65H54F4N4O/c1-8-10-11-14-25-44(7)71(51-33-30-45(51)9-2)62-60-59(64(66,67)39-65(60,68)69)58(63(74)46-26-15-12-16-27-46)50(38-70)61(62)73-52-34-31-47(56-40(3)21-19-22-41(56)4)36-54(52)72(49-28-17-13-18-29-49)55-37-48(32-35-53(55)73)57-42(5)23-20-24-43(57)6/h8,10-24,26-37H,7,9,25,39H2,1-6H3/b10-8-,14-11-. The summed E-state index contributed by atoms with van der Waals surface area (Å²) in [5.41, 5.74) is 8.37. The van der Waals surface area contributed by atoms with Crippen molar-refractivity contribution in [2.24, 2.45) is 0 Å². The third-order valence-electron chi connectivity index (χ3n) is 14.4. The highest BCUT2D eigenvalue weighted by atomic mass is 19.3. The van der Waals surface area contributed by atoms with Gasteiger partial charge in [-0.25, -0.2) is 17.6 Å². The first-order valence-electron chi connectivity index (χ1n) is 24.9. The van der Waals surface area contributed by atoms with Crippen molar-refractivity contribution in [2.45, 2.75) is 72.6 Å². The maximum absolute atomic E-state index is 17.8. The largest absolute Gasteiger partial charge is 0.312 e. The molecule has 0 atom stereocenters. The van der Waals surface area contributed by atoms with Crippen LogP contribution >= 0.6 is 0 Å². The molecule has 0 saturated carbocycles. The number of rotatable bonds is 13. The normalized spacial score (nSPS) is 15.0. The summed E-state index contributed by atoms with van der Waals surface area (Å²) in [6.07, 6.45) is 9.62. The van der Waals surface area contributed by atoms with Crippen molar-refractivity contribution in [3.8, 4) is 28.3 Å². The molecule has 9 heteroatoms. The number of aryl methyl sites for hydroxylation is 4. The monoisotopic (exact) mass is 982 g/mol. The van der Waals surface area contributed by atoms with E-state index in [2.05, 4.69) is 81.6 Å². The van der Waals surface area contributed by atoms with E-state index in [1.807, 2.05) is 111 Å². The smallest absolute Gasteiger partial charge is 0.281 e. The minimum Gasteiger partial charge on any atom is -0.312 e. The van der Waals surface area contributed by atoms with Gasteiger partial charge in [-0.3, -0.25) is 4.79 Å². The summed E-state index contributed by atoms with van der Waals surface area (Å²) in [5, 5.41) is 11.9. The number of hydrogen-bond donors (Lipinski definition) is 0. The molecule has 7 aromatic rings. The molecular formula is C65H54F4N4O. The number of halogens is 4. The first kappa shape index (κ1) is 49.1. The zero-order valence-electron chi connectivity index (χ0n) is 42.2. The molecule has 10 rings (SSSR count). The van der Waals surface area contributed by atoms with Crippen LogP contribution in [0.5, 0.6) is 0 Å². The first-order chi connectivity index (χ1) is 35.6. The van der Waals surface area contributed by atoms with Crippen LogP contribution in [-0.4, -0.2) is 5.78 Å². The van der Waals surface area contributed by atoms with Gasteiger partial charge in [-0.15, -0.1) is 0 Å². The number of ketones is 1. The zero-order chi connectivity index (χ0) is 52.2. The molecule has 5 nitrogen and oxygen atoms in total. The van der Waals surface area contributed by atoms with Gasteiger partial charge in [0, 0.05) is 34.6 Å². The number of alkyl halides is 4. The quantitative estimate of drug-likeness (QED) is 0.0654. The third kappa shape index (κ3) is 8.15. The first-order valence-corrected chi connectivity index (χ1v) is 24.9. The summed E-state index contributed by atoms with van der Waals surface area (Å²) in [6.45, 7) is 16.5. The molecular weight excluding hydrogens is 929 g/mol. The molecule has 0 unspecified atom stereocenters. The van der Waals surface area contributed by atoms with E-state index < -0.39 is 46.3 Å². The van der Waals surface area contributed by atoms with Crippen LogP contribution in [0.15, 0.2) is 193 Å². The number of anilines is 7. The Labute approximate surface area is 430 Å². The number of nitrogens with zero attached hydrogens (tertiary/aromatic N) is 4. The van der Waals surface area contributed by atoms with Crippen molar-refractivity contribution >= 4 is 45.6 Å². The van der Waals surface area contributed by atoms with E-state index in [-0.39, 0.29) is 29.1 Å². The van der Waals surface area contributed by atoms with E-state index in [1.165, 1.54) is 12.1 Å². The molecule has 0 N–H and O–H groups in total. The zero-order valence-corrected chi connectivity index (χ0v) is 42.2. The Kier molecular flexibility index (Phi) is 12.7. The van der Waals surface area contributed by atoms with Gasteiger partial charge in [-0.05, 0) is 134 Å². The molecule has 3 aliphatic rings. The van der Waals surface area contributed by atoms with E-state index in [4.69, 9.17) is 0 Å². The summed E-state index contributed by atoms with van der Waals surface area (Å²) in [4.78, 5) is 20.7. The predicted molar refractivity (Wildman–Crippen MR) is 293 cm³/mol. The van der Waals surface area contributed by atoms with E-state index in [1.54, 1.807) is 34.1 Å². The highest BCUT2D eigenvalue weighted by molar-refractivity contribution is 6.16. The van der Waals surface area contributed by atoms with Crippen molar-refractivity contribution < 1.29 is 22.4 Å². The average molecular weight is 983 g/mol. The predicted octanol–water partition coefficient (Wildman–Crippen LogP) is 18.3. The van der Waals surface area contributed by atoms with Crippen LogP contribution < -0.4 is 14.7 Å². The molecule has 0 bridgehead atoms. The van der Waals surface area contributed by atoms with Crippen LogP contribution in [-0.2, 0) is 11.8 Å². The number of fused-ring (bicyclic) bond motifs is 3. The minimum atomic E-state index is -4.24. The highest BCUT2D eigenvalue weighted by Gasteiger charge is 2.61. The van der Waals surface area contributed by atoms with Crippen molar-refractivity contribution in [3.05, 3.63) is 244 Å². The lowest BCUT2D eigenvalue weighted by Crippen LogP contribution is -2.32. The van der Waals surface area contributed by atoms with Gasteiger partial charge in [0.15, 0.2) is 5.78 Å². The lowest BCUT2D eigenvalue weighted by atomic mass is 9.85. The molecule has 0 spiro atoms. The molecule has 0 aromatic heterocycles. The van der Waals surface area contributed by atoms with Gasteiger partial charge < -0.3 is 14.7 Å².